The Bertz CT molecular complexity index is 827. The van der Waals surface area contributed by atoms with Crippen LogP contribution in [-0.2, 0) is 0 Å². The fraction of sp³-hybridized carbons (Fsp3) is 0.350. The first-order valence-electron chi connectivity index (χ1n) is 9.30. The number of nitrogens with one attached hydrogen (secondary N) is 1. The van der Waals surface area contributed by atoms with Gasteiger partial charge in [0, 0.05) is 44.1 Å². The minimum Gasteiger partial charge on any atom is -0.491 e. The van der Waals surface area contributed by atoms with Crippen LogP contribution in [0.2, 0.25) is 10.0 Å². The summed E-state index contributed by atoms with van der Waals surface area (Å²) in [5.41, 5.74) is 6.71. The highest BCUT2D eigenvalue weighted by Gasteiger charge is 2.20. The molecule has 9 heteroatoms. The third-order valence-electron chi connectivity index (χ3n) is 4.67. The van der Waals surface area contributed by atoms with Crippen molar-refractivity contribution in [1.29, 1.82) is 0 Å². The van der Waals surface area contributed by atoms with Gasteiger partial charge in [0.2, 0.25) is 0 Å². The molecular weight excluding hydrogens is 415 g/mol. The van der Waals surface area contributed by atoms with Crippen molar-refractivity contribution in [2.45, 2.75) is 6.10 Å². The topological polar surface area (TPSA) is 91.1 Å². The van der Waals surface area contributed by atoms with Crippen molar-refractivity contribution in [3.63, 3.8) is 0 Å². The smallest absolute Gasteiger partial charge is 0.316 e. The number of aliphatic hydroxyl groups excluding tert-OH is 1. The Morgan fingerprint density at radius 1 is 1.10 bits per heavy atom. The van der Waals surface area contributed by atoms with Crippen LogP contribution in [0.5, 0.6) is 5.75 Å². The van der Waals surface area contributed by atoms with Crippen LogP contribution in [0.15, 0.2) is 42.5 Å². The Hall–Kier alpha value is -2.19. The van der Waals surface area contributed by atoms with Crippen LogP contribution in [0.25, 0.3) is 0 Å². The fourth-order valence-electron chi connectivity index (χ4n) is 3.19. The number of nitrogens with zero attached hydrogens (tertiary/aromatic N) is 2. The largest absolute Gasteiger partial charge is 0.491 e. The highest BCUT2D eigenvalue weighted by atomic mass is 35.5. The monoisotopic (exact) mass is 438 g/mol. The van der Waals surface area contributed by atoms with Crippen molar-refractivity contribution >= 4 is 40.6 Å². The van der Waals surface area contributed by atoms with Gasteiger partial charge in [-0.15, -0.1) is 0 Å². The van der Waals surface area contributed by atoms with E-state index in [0.717, 1.165) is 31.9 Å². The molecule has 4 N–H and O–H groups in total. The van der Waals surface area contributed by atoms with E-state index in [1.54, 1.807) is 24.3 Å². The summed E-state index contributed by atoms with van der Waals surface area (Å²) >= 11 is 12.1. The van der Waals surface area contributed by atoms with Gasteiger partial charge in [0.15, 0.2) is 0 Å². The molecule has 3 rings (SSSR count). The Kier molecular flexibility index (Phi) is 7.44. The molecule has 0 spiro atoms. The zero-order chi connectivity index (χ0) is 20.8. The zero-order valence-corrected chi connectivity index (χ0v) is 17.4. The molecule has 1 aliphatic rings. The highest BCUT2D eigenvalue weighted by Crippen LogP contribution is 2.27. The van der Waals surface area contributed by atoms with Crippen LogP contribution < -0.4 is 20.7 Å². The van der Waals surface area contributed by atoms with Crippen molar-refractivity contribution in [3.05, 3.63) is 52.5 Å². The summed E-state index contributed by atoms with van der Waals surface area (Å²) in [4.78, 5) is 15.3. The second-order valence-corrected chi connectivity index (χ2v) is 7.68. The lowest BCUT2D eigenvalue weighted by Crippen LogP contribution is -2.49. The van der Waals surface area contributed by atoms with Crippen molar-refractivity contribution in [3.8, 4) is 5.75 Å². The van der Waals surface area contributed by atoms with Gasteiger partial charge in [0.25, 0.3) is 0 Å². The predicted molar refractivity (Wildman–Crippen MR) is 116 cm³/mol. The van der Waals surface area contributed by atoms with E-state index >= 15 is 0 Å². The molecule has 7 nitrogen and oxygen atoms in total. The van der Waals surface area contributed by atoms with E-state index in [2.05, 4.69) is 15.1 Å². The van der Waals surface area contributed by atoms with Gasteiger partial charge in [-0.05, 0) is 42.5 Å². The Balaban J connectivity index is 1.40. The average molecular weight is 439 g/mol. The normalized spacial score (nSPS) is 15.8. The molecule has 2 aromatic rings. The number of rotatable bonds is 7. The van der Waals surface area contributed by atoms with Gasteiger partial charge in [0.1, 0.15) is 18.5 Å². The summed E-state index contributed by atoms with van der Waals surface area (Å²) in [6.45, 7) is 4.10. The number of aliphatic hydroxyl groups is 1. The van der Waals surface area contributed by atoms with E-state index in [9.17, 15) is 9.90 Å². The molecule has 1 heterocycles. The average Bonchev–Trinajstić information content (AvgIpc) is 2.70. The molecule has 2 amide bonds. The molecule has 2 aromatic carbocycles. The van der Waals surface area contributed by atoms with Gasteiger partial charge in [-0.25, -0.2) is 4.79 Å². The number of anilines is 2. The number of nitrogens with two attached hydrogens (primary N) is 1. The number of piperazine rings is 1. The number of urea groups is 1. The number of amides is 2. The van der Waals surface area contributed by atoms with Gasteiger partial charge in [-0.3, -0.25) is 4.90 Å². The molecule has 0 saturated carbocycles. The van der Waals surface area contributed by atoms with E-state index in [1.165, 1.54) is 0 Å². The number of carbonyl (C=O) groups is 1. The molecule has 1 atom stereocenters. The number of ether oxygens (including phenoxy) is 1. The molecule has 156 valence electrons. The lowest BCUT2D eigenvalue weighted by atomic mass is 10.2. The molecule has 1 fully saturated rings. The minimum absolute atomic E-state index is 0.190. The number of benzene rings is 2. The third-order valence-corrected chi connectivity index (χ3v) is 5.41. The van der Waals surface area contributed by atoms with Gasteiger partial charge >= 0.3 is 6.03 Å². The number of carbonyl (C=O) groups excluding carboxylic acids is 1. The Morgan fingerprint density at radius 2 is 1.79 bits per heavy atom. The summed E-state index contributed by atoms with van der Waals surface area (Å²) in [5, 5.41) is 13.9. The van der Waals surface area contributed by atoms with E-state index in [1.807, 2.05) is 18.2 Å². The molecule has 0 bridgehead atoms. The third kappa shape index (κ3) is 6.40. The second kappa shape index (κ2) is 10.0. The van der Waals surface area contributed by atoms with Gasteiger partial charge in [-0.2, -0.15) is 0 Å². The van der Waals surface area contributed by atoms with E-state index in [-0.39, 0.29) is 6.61 Å². The standard InChI is InChI=1S/C20H24Cl2N4O3/c21-18-6-3-15(11-19(18)22)26-9-7-25(8-10-26)12-16(27)13-29-17-4-1-14(2-5-17)24-20(23)28/h1-6,11,16,27H,7-10,12-13H2,(H3,23,24,28)/t16-/m0/s1. The minimum atomic E-state index is -0.617. The van der Waals surface area contributed by atoms with Crippen LogP contribution in [0.1, 0.15) is 0 Å². The molecule has 1 saturated heterocycles. The maximum atomic E-state index is 10.8. The molecule has 29 heavy (non-hydrogen) atoms. The molecular formula is C20H24Cl2N4O3. The lowest BCUT2D eigenvalue weighted by Gasteiger charge is -2.37. The number of halogens is 2. The summed E-state index contributed by atoms with van der Waals surface area (Å²) in [6, 6.07) is 11.9. The quantitative estimate of drug-likeness (QED) is 0.617. The van der Waals surface area contributed by atoms with Crippen molar-refractivity contribution in [2.75, 3.05) is 49.5 Å². The number of β-amino-alcohol motifs (C(OH)–C–C–N with tert-alkyl or cyclic N) is 1. The maximum Gasteiger partial charge on any atom is 0.316 e. The zero-order valence-electron chi connectivity index (χ0n) is 15.9. The van der Waals surface area contributed by atoms with Gasteiger partial charge < -0.3 is 25.8 Å². The second-order valence-electron chi connectivity index (χ2n) is 6.86. The molecule has 0 aromatic heterocycles. The fourth-order valence-corrected chi connectivity index (χ4v) is 3.48. The number of hydrogen-bond acceptors (Lipinski definition) is 5. The van der Waals surface area contributed by atoms with Crippen LogP contribution in [-0.4, -0.2) is 61.5 Å². The first-order valence-corrected chi connectivity index (χ1v) is 10.1. The highest BCUT2D eigenvalue weighted by molar-refractivity contribution is 6.42. The summed E-state index contributed by atoms with van der Waals surface area (Å²) in [6.07, 6.45) is -0.602. The lowest BCUT2D eigenvalue weighted by molar-refractivity contribution is 0.0663. The van der Waals surface area contributed by atoms with Crippen molar-refractivity contribution in [2.24, 2.45) is 5.73 Å². The SMILES string of the molecule is NC(=O)Nc1ccc(OC[C@@H](O)CN2CCN(c3ccc(Cl)c(Cl)c3)CC2)cc1. The molecule has 0 aliphatic carbocycles. The Morgan fingerprint density at radius 3 is 2.41 bits per heavy atom. The van der Waals surface area contributed by atoms with Crippen LogP contribution >= 0.6 is 23.2 Å². The van der Waals surface area contributed by atoms with Crippen LogP contribution in [0.4, 0.5) is 16.2 Å². The van der Waals surface area contributed by atoms with Gasteiger partial charge in [0.05, 0.1) is 10.0 Å². The van der Waals surface area contributed by atoms with Crippen molar-refractivity contribution < 1.29 is 14.6 Å². The summed E-state index contributed by atoms with van der Waals surface area (Å²) < 4.78 is 5.63. The Labute approximate surface area is 179 Å². The molecule has 1 aliphatic heterocycles. The van der Waals surface area contributed by atoms with Crippen LogP contribution in [0, 0.1) is 0 Å². The van der Waals surface area contributed by atoms with Crippen molar-refractivity contribution in [1.82, 2.24) is 4.90 Å². The maximum absolute atomic E-state index is 10.8. The van der Waals surface area contributed by atoms with E-state index in [0.29, 0.717) is 28.0 Å². The number of primary amides is 1. The van der Waals surface area contributed by atoms with E-state index in [4.69, 9.17) is 33.7 Å². The van der Waals surface area contributed by atoms with E-state index < -0.39 is 12.1 Å². The first kappa shape index (κ1) is 21.5. The molecule has 0 unspecified atom stereocenters. The molecule has 0 radical (unpaired) electrons. The number of hydrogen-bond donors (Lipinski definition) is 3. The summed E-state index contributed by atoms with van der Waals surface area (Å²) in [7, 11) is 0. The first-order chi connectivity index (χ1) is 13.9. The van der Waals surface area contributed by atoms with Crippen LogP contribution in [0.3, 0.4) is 0 Å². The summed E-state index contributed by atoms with van der Waals surface area (Å²) in [5.74, 6) is 0.614. The predicted octanol–water partition coefficient (Wildman–Crippen LogP) is 3.05. The van der Waals surface area contributed by atoms with Gasteiger partial charge in [-0.1, -0.05) is 23.2 Å².